The highest BCUT2D eigenvalue weighted by atomic mass is 16.5. The Kier molecular flexibility index (Phi) is 3.06. The maximum Gasteiger partial charge on any atom is 0.0991 e. The average molecular weight is 249 g/mol. The monoisotopic (exact) mass is 249 g/mol. The van der Waals surface area contributed by atoms with Gasteiger partial charge >= 0.3 is 0 Å². The molecule has 0 aliphatic carbocycles. The molecule has 0 N–H and O–H groups in total. The average Bonchev–Trinajstić information content (AvgIpc) is 2.46. The molecule has 94 valence electrons. The highest BCUT2D eigenvalue weighted by molar-refractivity contribution is 5.36. The zero-order valence-electron chi connectivity index (χ0n) is 10.8. The summed E-state index contributed by atoms with van der Waals surface area (Å²) in [6, 6.07) is 20.3. The topological polar surface area (TPSA) is 33.0 Å². The molecule has 0 bridgehead atoms. The first-order valence-corrected chi connectivity index (χ1v) is 6.50. The second-order valence-corrected chi connectivity index (χ2v) is 4.93. The van der Waals surface area contributed by atoms with Gasteiger partial charge in [0.05, 0.1) is 23.8 Å². The van der Waals surface area contributed by atoms with Crippen molar-refractivity contribution in [1.29, 1.82) is 5.26 Å². The fourth-order valence-electron chi connectivity index (χ4n) is 2.71. The van der Waals surface area contributed by atoms with Crippen LogP contribution >= 0.6 is 0 Å². The van der Waals surface area contributed by atoms with E-state index in [2.05, 4.69) is 37.3 Å². The van der Waals surface area contributed by atoms with Crippen molar-refractivity contribution in [2.75, 3.05) is 0 Å². The van der Waals surface area contributed by atoms with E-state index in [4.69, 9.17) is 10.00 Å². The molecule has 1 heterocycles. The molecular weight excluding hydrogens is 234 g/mol. The van der Waals surface area contributed by atoms with E-state index in [-0.39, 0.29) is 12.2 Å². The van der Waals surface area contributed by atoms with Gasteiger partial charge in [-0.3, -0.25) is 0 Å². The van der Waals surface area contributed by atoms with Crippen molar-refractivity contribution in [3.05, 3.63) is 71.3 Å². The van der Waals surface area contributed by atoms with Gasteiger partial charge in [-0.05, 0) is 30.2 Å². The molecule has 2 aromatic rings. The van der Waals surface area contributed by atoms with Crippen LogP contribution in [0.5, 0.6) is 0 Å². The molecule has 2 aromatic carbocycles. The standard InChI is InChI=1S/C17H15NO/c1-12-16(14-5-3-2-4-6-14)17(19-12)15-9-7-13(11-18)8-10-15/h2-10,12,16-17H,1H3/t12-,16+,17+/m1/s1. The molecule has 2 nitrogen and oxygen atoms in total. The smallest absolute Gasteiger partial charge is 0.0991 e. The van der Waals surface area contributed by atoms with Crippen LogP contribution in [0, 0.1) is 11.3 Å². The van der Waals surface area contributed by atoms with Crippen LogP contribution in [0.2, 0.25) is 0 Å². The van der Waals surface area contributed by atoms with E-state index in [1.807, 2.05) is 30.3 Å². The first kappa shape index (κ1) is 12.0. The van der Waals surface area contributed by atoms with Crippen molar-refractivity contribution < 1.29 is 4.74 Å². The fourth-order valence-corrected chi connectivity index (χ4v) is 2.71. The molecule has 1 saturated heterocycles. The van der Waals surface area contributed by atoms with Crippen LogP contribution in [0.1, 0.15) is 35.6 Å². The van der Waals surface area contributed by atoms with E-state index in [9.17, 15) is 0 Å². The van der Waals surface area contributed by atoms with E-state index in [0.717, 1.165) is 5.56 Å². The summed E-state index contributed by atoms with van der Waals surface area (Å²) in [6.45, 7) is 2.11. The third kappa shape index (κ3) is 2.14. The highest BCUT2D eigenvalue weighted by Crippen LogP contribution is 2.47. The van der Waals surface area contributed by atoms with E-state index in [0.29, 0.717) is 11.5 Å². The molecule has 0 unspecified atom stereocenters. The number of rotatable bonds is 2. The van der Waals surface area contributed by atoms with Crippen molar-refractivity contribution in [2.24, 2.45) is 0 Å². The summed E-state index contributed by atoms with van der Waals surface area (Å²) >= 11 is 0. The maximum absolute atomic E-state index is 8.83. The molecule has 3 atom stereocenters. The van der Waals surface area contributed by atoms with Gasteiger partial charge in [0.15, 0.2) is 0 Å². The second kappa shape index (κ2) is 4.87. The largest absolute Gasteiger partial charge is 0.369 e. The van der Waals surface area contributed by atoms with Gasteiger partial charge in [0, 0.05) is 5.92 Å². The Morgan fingerprint density at radius 2 is 1.63 bits per heavy atom. The second-order valence-electron chi connectivity index (χ2n) is 4.93. The van der Waals surface area contributed by atoms with E-state index < -0.39 is 0 Å². The normalized spacial score (nSPS) is 25.4. The van der Waals surface area contributed by atoms with Crippen molar-refractivity contribution >= 4 is 0 Å². The van der Waals surface area contributed by atoms with E-state index in [1.54, 1.807) is 0 Å². The zero-order chi connectivity index (χ0) is 13.2. The predicted molar refractivity (Wildman–Crippen MR) is 73.6 cm³/mol. The Morgan fingerprint density at radius 1 is 0.947 bits per heavy atom. The minimum absolute atomic E-state index is 0.102. The fraction of sp³-hybridized carbons (Fsp3) is 0.235. The molecule has 19 heavy (non-hydrogen) atoms. The third-order valence-corrected chi connectivity index (χ3v) is 3.75. The quantitative estimate of drug-likeness (QED) is 0.811. The summed E-state index contributed by atoms with van der Waals surface area (Å²) in [5, 5.41) is 8.83. The summed E-state index contributed by atoms with van der Waals surface area (Å²) in [5.74, 6) is 0.397. The molecular formula is C17H15NO. The maximum atomic E-state index is 8.83. The number of benzene rings is 2. The predicted octanol–water partition coefficient (Wildman–Crippen LogP) is 3.80. The Balaban J connectivity index is 1.87. The number of nitriles is 1. The van der Waals surface area contributed by atoms with Crippen LogP contribution in [0.25, 0.3) is 0 Å². The molecule has 1 fully saturated rings. The van der Waals surface area contributed by atoms with Gasteiger partial charge in [-0.2, -0.15) is 5.26 Å². The van der Waals surface area contributed by atoms with Crippen LogP contribution < -0.4 is 0 Å². The van der Waals surface area contributed by atoms with Gasteiger partial charge in [0.1, 0.15) is 0 Å². The van der Waals surface area contributed by atoms with Crippen molar-refractivity contribution in [3.8, 4) is 6.07 Å². The van der Waals surface area contributed by atoms with Crippen LogP contribution in [-0.2, 0) is 4.74 Å². The summed E-state index contributed by atoms with van der Waals surface area (Å²) in [7, 11) is 0. The van der Waals surface area contributed by atoms with E-state index >= 15 is 0 Å². The van der Waals surface area contributed by atoms with Crippen LogP contribution in [0.4, 0.5) is 0 Å². The Morgan fingerprint density at radius 3 is 2.21 bits per heavy atom. The van der Waals surface area contributed by atoms with Gasteiger partial charge in [0.25, 0.3) is 0 Å². The molecule has 2 heteroatoms. The molecule has 0 radical (unpaired) electrons. The summed E-state index contributed by atoms with van der Waals surface area (Å²) < 4.78 is 5.88. The summed E-state index contributed by atoms with van der Waals surface area (Å²) in [5.41, 5.74) is 3.15. The molecule has 1 aliphatic heterocycles. The van der Waals surface area contributed by atoms with Gasteiger partial charge in [-0.15, -0.1) is 0 Å². The van der Waals surface area contributed by atoms with Gasteiger partial charge in [0.2, 0.25) is 0 Å². The summed E-state index contributed by atoms with van der Waals surface area (Å²) in [4.78, 5) is 0. The lowest BCUT2D eigenvalue weighted by atomic mass is 9.80. The van der Waals surface area contributed by atoms with Gasteiger partial charge in [-0.25, -0.2) is 0 Å². The minimum Gasteiger partial charge on any atom is -0.369 e. The minimum atomic E-state index is 0.102. The third-order valence-electron chi connectivity index (χ3n) is 3.75. The van der Waals surface area contributed by atoms with Crippen molar-refractivity contribution in [1.82, 2.24) is 0 Å². The first-order valence-electron chi connectivity index (χ1n) is 6.50. The van der Waals surface area contributed by atoms with Crippen molar-refractivity contribution in [3.63, 3.8) is 0 Å². The summed E-state index contributed by atoms with van der Waals surface area (Å²) in [6.07, 6.45) is 0.341. The SMILES string of the molecule is C[C@H]1O[C@@H](c2ccc(C#N)cc2)[C@@H]1c1ccccc1. The number of hydrogen-bond donors (Lipinski definition) is 0. The molecule has 0 saturated carbocycles. The molecule has 0 aromatic heterocycles. The van der Waals surface area contributed by atoms with Crippen LogP contribution in [0.3, 0.4) is 0 Å². The first-order chi connectivity index (χ1) is 9.29. The molecule has 3 rings (SSSR count). The van der Waals surface area contributed by atoms with Gasteiger partial charge < -0.3 is 4.74 Å². The van der Waals surface area contributed by atoms with Crippen molar-refractivity contribution in [2.45, 2.75) is 25.0 Å². The molecule has 0 spiro atoms. The Bertz CT molecular complexity index is 597. The zero-order valence-corrected chi connectivity index (χ0v) is 10.8. The van der Waals surface area contributed by atoms with E-state index in [1.165, 1.54) is 5.56 Å². The lowest BCUT2D eigenvalue weighted by Crippen LogP contribution is -2.38. The number of nitrogens with zero attached hydrogens (tertiary/aromatic N) is 1. The Hall–Kier alpha value is -2.11. The van der Waals surface area contributed by atoms with Crippen LogP contribution in [-0.4, -0.2) is 6.10 Å². The number of hydrogen-bond acceptors (Lipinski definition) is 2. The highest BCUT2D eigenvalue weighted by Gasteiger charge is 2.41. The lowest BCUT2D eigenvalue weighted by molar-refractivity contribution is -0.142. The van der Waals surface area contributed by atoms with Gasteiger partial charge in [-0.1, -0.05) is 42.5 Å². The Labute approximate surface area is 113 Å². The lowest BCUT2D eigenvalue weighted by Gasteiger charge is -2.44. The molecule has 1 aliphatic rings. The molecule has 0 amide bonds. The van der Waals surface area contributed by atoms with Crippen LogP contribution in [0.15, 0.2) is 54.6 Å². The number of ether oxygens (including phenoxy) is 1.